The molecule has 1 rings (SSSR count). The van der Waals surface area contributed by atoms with Crippen LogP contribution in [-0.4, -0.2) is 25.6 Å². The molecule has 0 saturated heterocycles. The maximum absolute atomic E-state index is 11.4. The van der Waals surface area contributed by atoms with Crippen LogP contribution in [0, 0.1) is 0 Å². The zero-order chi connectivity index (χ0) is 15.0. The molecule has 0 bridgehead atoms. The van der Waals surface area contributed by atoms with Crippen molar-refractivity contribution in [3.8, 4) is 5.75 Å². The average Bonchev–Trinajstić information content (AvgIpc) is 2.38. The van der Waals surface area contributed by atoms with Gasteiger partial charge in [0, 0.05) is 23.7 Å². The van der Waals surface area contributed by atoms with Crippen molar-refractivity contribution in [2.45, 2.75) is 26.8 Å². The summed E-state index contributed by atoms with van der Waals surface area (Å²) in [5.74, 6) is 0.330. The Morgan fingerprint density at radius 2 is 2.05 bits per heavy atom. The van der Waals surface area contributed by atoms with Gasteiger partial charge in [0.15, 0.2) is 6.61 Å². The molecule has 0 fully saturated rings. The number of benzene rings is 1. The number of carbonyl (C=O) groups excluding carboxylic acids is 1. The molecule has 20 heavy (non-hydrogen) atoms. The summed E-state index contributed by atoms with van der Waals surface area (Å²) in [6.45, 7) is 5.94. The molecule has 4 nitrogen and oxygen atoms in total. The van der Waals surface area contributed by atoms with Crippen molar-refractivity contribution < 1.29 is 9.53 Å². The van der Waals surface area contributed by atoms with Gasteiger partial charge in [0.25, 0.3) is 5.91 Å². The van der Waals surface area contributed by atoms with Gasteiger partial charge >= 0.3 is 0 Å². The summed E-state index contributed by atoms with van der Waals surface area (Å²) < 4.78 is 5.53. The van der Waals surface area contributed by atoms with Gasteiger partial charge in [-0.15, -0.1) is 0 Å². The Labute approximate surface area is 129 Å². The SMILES string of the molecule is CCCNCc1cc(Cl)cc(Cl)c1OCC(=O)NCC. The Morgan fingerprint density at radius 1 is 1.30 bits per heavy atom. The second-order valence-corrected chi connectivity index (χ2v) is 5.14. The Kier molecular flexibility index (Phi) is 7.73. The molecule has 6 heteroatoms. The third-order valence-electron chi connectivity index (χ3n) is 2.55. The van der Waals surface area contributed by atoms with Crippen LogP contribution in [0.25, 0.3) is 0 Å². The predicted octanol–water partition coefficient (Wildman–Crippen LogP) is 3.01. The van der Waals surface area contributed by atoms with Gasteiger partial charge in [0.1, 0.15) is 5.75 Å². The fraction of sp³-hybridized carbons (Fsp3) is 0.500. The van der Waals surface area contributed by atoms with E-state index in [9.17, 15) is 4.79 Å². The predicted molar refractivity (Wildman–Crippen MR) is 82.6 cm³/mol. The Balaban J connectivity index is 2.78. The normalized spacial score (nSPS) is 10.4. The van der Waals surface area contributed by atoms with Gasteiger partial charge in [0.05, 0.1) is 5.02 Å². The highest BCUT2D eigenvalue weighted by Crippen LogP contribution is 2.32. The van der Waals surface area contributed by atoms with Gasteiger partial charge in [-0.3, -0.25) is 4.79 Å². The number of ether oxygens (including phenoxy) is 1. The first-order valence-electron chi connectivity index (χ1n) is 6.66. The van der Waals surface area contributed by atoms with E-state index in [1.54, 1.807) is 12.1 Å². The molecule has 0 heterocycles. The summed E-state index contributed by atoms with van der Waals surface area (Å²) in [4.78, 5) is 11.4. The fourth-order valence-corrected chi connectivity index (χ4v) is 2.28. The fourth-order valence-electron chi connectivity index (χ4n) is 1.69. The van der Waals surface area contributed by atoms with Gasteiger partial charge in [-0.05, 0) is 32.0 Å². The second kappa shape index (κ2) is 9.06. The van der Waals surface area contributed by atoms with E-state index in [0.717, 1.165) is 18.5 Å². The Morgan fingerprint density at radius 3 is 2.70 bits per heavy atom. The first-order chi connectivity index (χ1) is 9.58. The van der Waals surface area contributed by atoms with Crippen molar-refractivity contribution in [1.29, 1.82) is 0 Å². The van der Waals surface area contributed by atoms with E-state index < -0.39 is 0 Å². The van der Waals surface area contributed by atoms with E-state index in [0.29, 0.717) is 28.9 Å². The molecule has 112 valence electrons. The lowest BCUT2D eigenvalue weighted by Crippen LogP contribution is -2.28. The molecule has 1 aromatic rings. The molecule has 1 aromatic carbocycles. The number of hydrogen-bond donors (Lipinski definition) is 2. The monoisotopic (exact) mass is 318 g/mol. The summed E-state index contributed by atoms with van der Waals surface area (Å²) in [7, 11) is 0. The average molecular weight is 319 g/mol. The summed E-state index contributed by atoms with van der Waals surface area (Å²) in [5, 5.41) is 6.89. The number of nitrogens with one attached hydrogen (secondary N) is 2. The molecule has 0 unspecified atom stereocenters. The van der Waals surface area contributed by atoms with Crippen LogP contribution in [0.3, 0.4) is 0 Å². The number of rotatable bonds is 8. The highest BCUT2D eigenvalue weighted by molar-refractivity contribution is 6.35. The molecule has 0 spiro atoms. The van der Waals surface area contributed by atoms with Crippen molar-refractivity contribution in [3.63, 3.8) is 0 Å². The number of carbonyl (C=O) groups is 1. The van der Waals surface area contributed by atoms with Gasteiger partial charge in [0.2, 0.25) is 0 Å². The maximum Gasteiger partial charge on any atom is 0.257 e. The number of hydrogen-bond acceptors (Lipinski definition) is 3. The quantitative estimate of drug-likeness (QED) is 0.724. The summed E-state index contributed by atoms with van der Waals surface area (Å²) in [6, 6.07) is 3.41. The lowest BCUT2D eigenvalue weighted by molar-refractivity contribution is -0.122. The lowest BCUT2D eigenvalue weighted by Gasteiger charge is -2.14. The van der Waals surface area contributed by atoms with Crippen molar-refractivity contribution in [3.05, 3.63) is 27.7 Å². The molecule has 0 saturated carbocycles. The van der Waals surface area contributed by atoms with Crippen molar-refractivity contribution in [2.24, 2.45) is 0 Å². The van der Waals surface area contributed by atoms with Crippen LogP contribution in [-0.2, 0) is 11.3 Å². The van der Waals surface area contributed by atoms with Crippen LogP contribution in [0.5, 0.6) is 5.75 Å². The molecule has 0 radical (unpaired) electrons. The zero-order valence-corrected chi connectivity index (χ0v) is 13.3. The van der Waals surface area contributed by atoms with E-state index in [4.69, 9.17) is 27.9 Å². The molecule has 0 aliphatic heterocycles. The Hall–Kier alpha value is -0.970. The van der Waals surface area contributed by atoms with Crippen LogP contribution in [0.15, 0.2) is 12.1 Å². The first-order valence-corrected chi connectivity index (χ1v) is 7.42. The van der Waals surface area contributed by atoms with Crippen LogP contribution in [0.4, 0.5) is 0 Å². The van der Waals surface area contributed by atoms with Crippen LogP contribution in [0.2, 0.25) is 10.0 Å². The van der Waals surface area contributed by atoms with Crippen LogP contribution >= 0.6 is 23.2 Å². The Bertz CT molecular complexity index is 453. The zero-order valence-electron chi connectivity index (χ0n) is 11.8. The molecule has 1 amide bonds. The first kappa shape index (κ1) is 17.1. The van der Waals surface area contributed by atoms with Crippen molar-refractivity contribution in [2.75, 3.05) is 19.7 Å². The standard InChI is InChI=1S/C14H20Cl2N2O2/c1-3-5-17-8-10-6-11(15)7-12(16)14(10)20-9-13(19)18-4-2/h6-7,17H,3-5,8-9H2,1-2H3,(H,18,19). The smallest absolute Gasteiger partial charge is 0.257 e. The minimum atomic E-state index is -0.175. The highest BCUT2D eigenvalue weighted by Gasteiger charge is 2.12. The van der Waals surface area contributed by atoms with E-state index >= 15 is 0 Å². The summed E-state index contributed by atoms with van der Waals surface area (Å²) in [5.41, 5.74) is 0.847. The molecular formula is C14H20Cl2N2O2. The van der Waals surface area contributed by atoms with Crippen LogP contribution in [0.1, 0.15) is 25.8 Å². The minimum absolute atomic E-state index is 0.0596. The number of likely N-dealkylation sites (N-methyl/N-ethyl adjacent to an activating group) is 1. The molecule has 0 aliphatic carbocycles. The van der Waals surface area contributed by atoms with Gasteiger partial charge < -0.3 is 15.4 Å². The van der Waals surface area contributed by atoms with Crippen molar-refractivity contribution in [1.82, 2.24) is 10.6 Å². The van der Waals surface area contributed by atoms with E-state index in [1.165, 1.54) is 0 Å². The third-order valence-corrected chi connectivity index (χ3v) is 3.05. The molecule has 0 atom stereocenters. The van der Waals surface area contributed by atoms with E-state index in [-0.39, 0.29) is 12.5 Å². The molecule has 0 aromatic heterocycles. The van der Waals surface area contributed by atoms with E-state index in [1.807, 2.05) is 6.92 Å². The highest BCUT2D eigenvalue weighted by atomic mass is 35.5. The largest absolute Gasteiger partial charge is 0.482 e. The third kappa shape index (κ3) is 5.57. The van der Waals surface area contributed by atoms with Gasteiger partial charge in [-0.2, -0.15) is 0 Å². The molecular weight excluding hydrogens is 299 g/mol. The van der Waals surface area contributed by atoms with Gasteiger partial charge in [-0.25, -0.2) is 0 Å². The topological polar surface area (TPSA) is 50.4 Å². The summed E-state index contributed by atoms with van der Waals surface area (Å²) in [6.07, 6.45) is 1.03. The molecule has 0 aliphatic rings. The van der Waals surface area contributed by atoms with E-state index in [2.05, 4.69) is 17.6 Å². The number of amides is 1. The van der Waals surface area contributed by atoms with Gasteiger partial charge in [-0.1, -0.05) is 30.1 Å². The maximum atomic E-state index is 11.4. The van der Waals surface area contributed by atoms with Crippen LogP contribution < -0.4 is 15.4 Å². The van der Waals surface area contributed by atoms with Crippen molar-refractivity contribution >= 4 is 29.1 Å². The lowest BCUT2D eigenvalue weighted by atomic mass is 10.2. The molecule has 2 N–H and O–H groups in total. The summed E-state index contributed by atoms with van der Waals surface area (Å²) >= 11 is 12.1. The second-order valence-electron chi connectivity index (χ2n) is 4.29. The number of halogens is 2. The minimum Gasteiger partial charge on any atom is -0.482 e.